The van der Waals surface area contributed by atoms with Gasteiger partial charge < -0.3 is 0 Å². The number of nitrogens with zero attached hydrogens (tertiary/aromatic N) is 3. The highest BCUT2D eigenvalue weighted by atomic mass is 16.1. The van der Waals surface area contributed by atoms with E-state index in [-0.39, 0.29) is 5.56 Å². The van der Waals surface area contributed by atoms with Crippen molar-refractivity contribution in [1.29, 1.82) is 0 Å². The van der Waals surface area contributed by atoms with Crippen molar-refractivity contribution in [2.24, 2.45) is 4.99 Å². The minimum Gasteiger partial charge on any atom is -0.271 e. The van der Waals surface area contributed by atoms with Crippen molar-refractivity contribution in [1.82, 2.24) is 9.55 Å². The molecule has 1 aliphatic heterocycles. The van der Waals surface area contributed by atoms with Crippen LogP contribution >= 0.6 is 0 Å². The number of fused-ring (bicyclic) bond motifs is 1. The van der Waals surface area contributed by atoms with Crippen LogP contribution in [0.2, 0.25) is 0 Å². The Labute approximate surface area is 69.6 Å². The highest BCUT2D eigenvalue weighted by Gasteiger charge is 2.12. The molecule has 0 unspecified atom stereocenters. The molecule has 0 fully saturated rings. The Balaban J connectivity index is 2.81. The minimum absolute atomic E-state index is 0.0231. The lowest BCUT2D eigenvalue weighted by molar-refractivity contribution is 0.799. The first kappa shape index (κ1) is 7.21. The normalized spacial score (nSPS) is 13.5. The van der Waals surface area contributed by atoms with Crippen LogP contribution in [0.3, 0.4) is 0 Å². The van der Waals surface area contributed by atoms with Gasteiger partial charge in [0.1, 0.15) is 0 Å². The molecule has 1 aromatic rings. The fraction of sp³-hybridized carbons (Fsp3) is 0.375. The van der Waals surface area contributed by atoms with Gasteiger partial charge in [-0.3, -0.25) is 9.36 Å². The SMILES string of the molecule is Cc1nc2n(c(=O)c1C)CC=N2. The van der Waals surface area contributed by atoms with Crippen molar-refractivity contribution < 1.29 is 0 Å². The predicted octanol–water partition coefficient (Wildman–Crippen LogP) is 0.576. The molecule has 4 heteroatoms. The highest BCUT2D eigenvalue weighted by Crippen LogP contribution is 2.11. The summed E-state index contributed by atoms with van der Waals surface area (Å²) in [5, 5.41) is 0. The van der Waals surface area contributed by atoms with Crippen molar-refractivity contribution in [3.05, 3.63) is 21.6 Å². The maximum Gasteiger partial charge on any atom is 0.258 e. The summed E-state index contributed by atoms with van der Waals surface area (Å²) in [5.74, 6) is 0.531. The van der Waals surface area contributed by atoms with Gasteiger partial charge in [0.2, 0.25) is 5.95 Å². The van der Waals surface area contributed by atoms with E-state index >= 15 is 0 Å². The molecule has 0 saturated heterocycles. The number of aliphatic imine (C=N–C) groups is 1. The Morgan fingerprint density at radius 2 is 2.25 bits per heavy atom. The standard InChI is InChI=1S/C8H9N3O/c1-5-6(2)10-8-9-3-4-11(8)7(5)12/h3H,4H2,1-2H3. The first-order chi connectivity index (χ1) is 5.70. The van der Waals surface area contributed by atoms with E-state index in [4.69, 9.17) is 0 Å². The Bertz CT molecular complexity index is 417. The molecule has 1 aliphatic rings. The van der Waals surface area contributed by atoms with Crippen LogP contribution in [0.15, 0.2) is 9.79 Å². The molecule has 0 radical (unpaired) electrons. The Morgan fingerprint density at radius 1 is 1.50 bits per heavy atom. The lowest BCUT2D eigenvalue weighted by Crippen LogP contribution is -2.22. The summed E-state index contributed by atoms with van der Waals surface area (Å²) in [6.07, 6.45) is 1.70. The topological polar surface area (TPSA) is 47.2 Å². The van der Waals surface area contributed by atoms with Gasteiger partial charge >= 0.3 is 0 Å². The maximum absolute atomic E-state index is 11.5. The summed E-state index contributed by atoms with van der Waals surface area (Å²) in [6.45, 7) is 4.17. The summed E-state index contributed by atoms with van der Waals surface area (Å²) < 4.78 is 1.57. The minimum atomic E-state index is 0.0231. The van der Waals surface area contributed by atoms with Crippen molar-refractivity contribution in [3.8, 4) is 0 Å². The van der Waals surface area contributed by atoms with Gasteiger partial charge in [-0.15, -0.1) is 0 Å². The molecular formula is C8H9N3O. The maximum atomic E-state index is 11.5. The summed E-state index contributed by atoms with van der Waals surface area (Å²) in [6, 6.07) is 0. The van der Waals surface area contributed by atoms with E-state index < -0.39 is 0 Å². The fourth-order valence-electron chi connectivity index (χ4n) is 1.21. The van der Waals surface area contributed by atoms with Crippen molar-refractivity contribution in [3.63, 3.8) is 0 Å². The van der Waals surface area contributed by atoms with Crippen molar-refractivity contribution in [2.75, 3.05) is 0 Å². The molecule has 0 atom stereocenters. The molecule has 12 heavy (non-hydrogen) atoms. The number of hydrogen-bond donors (Lipinski definition) is 0. The molecule has 0 spiro atoms. The van der Waals surface area contributed by atoms with Gasteiger partial charge in [0.05, 0.1) is 6.54 Å². The second-order valence-corrected chi connectivity index (χ2v) is 2.85. The van der Waals surface area contributed by atoms with E-state index in [0.29, 0.717) is 18.1 Å². The van der Waals surface area contributed by atoms with Crippen LogP contribution in [-0.2, 0) is 6.54 Å². The van der Waals surface area contributed by atoms with E-state index in [2.05, 4.69) is 9.98 Å². The zero-order valence-corrected chi connectivity index (χ0v) is 7.03. The van der Waals surface area contributed by atoms with Crippen LogP contribution in [-0.4, -0.2) is 15.8 Å². The summed E-state index contributed by atoms with van der Waals surface area (Å²) >= 11 is 0. The summed E-state index contributed by atoms with van der Waals surface area (Å²) in [7, 11) is 0. The van der Waals surface area contributed by atoms with Crippen molar-refractivity contribution in [2.45, 2.75) is 20.4 Å². The molecular weight excluding hydrogens is 154 g/mol. The molecule has 2 rings (SSSR count). The van der Waals surface area contributed by atoms with Crippen molar-refractivity contribution >= 4 is 12.2 Å². The van der Waals surface area contributed by atoms with Crippen LogP contribution in [0.5, 0.6) is 0 Å². The Hall–Kier alpha value is -1.45. The first-order valence-electron chi connectivity index (χ1n) is 3.80. The highest BCUT2D eigenvalue weighted by molar-refractivity contribution is 5.65. The second kappa shape index (κ2) is 2.27. The quantitative estimate of drug-likeness (QED) is 0.561. The zero-order chi connectivity index (χ0) is 8.72. The van der Waals surface area contributed by atoms with Gasteiger partial charge in [0, 0.05) is 17.5 Å². The van der Waals surface area contributed by atoms with Crippen LogP contribution in [0.25, 0.3) is 0 Å². The van der Waals surface area contributed by atoms with Crippen LogP contribution in [0, 0.1) is 13.8 Å². The largest absolute Gasteiger partial charge is 0.271 e. The van der Waals surface area contributed by atoms with E-state index in [1.807, 2.05) is 6.92 Å². The number of aryl methyl sites for hydroxylation is 1. The lowest BCUT2D eigenvalue weighted by atomic mass is 10.3. The summed E-state index contributed by atoms with van der Waals surface area (Å²) in [4.78, 5) is 19.7. The zero-order valence-electron chi connectivity index (χ0n) is 7.03. The van der Waals surface area contributed by atoms with Gasteiger partial charge in [-0.2, -0.15) is 0 Å². The van der Waals surface area contributed by atoms with Crippen LogP contribution < -0.4 is 5.56 Å². The van der Waals surface area contributed by atoms with Gasteiger partial charge in [-0.25, -0.2) is 9.98 Å². The molecule has 0 amide bonds. The predicted molar refractivity (Wildman–Crippen MR) is 46.1 cm³/mol. The van der Waals surface area contributed by atoms with E-state index in [1.165, 1.54) is 0 Å². The van der Waals surface area contributed by atoms with Gasteiger partial charge in [0.25, 0.3) is 5.56 Å². The monoisotopic (exact) mass is 163 g/mol. The molecule has 4 nitrogen and oxygen atoms in total. The second-order valence-electron chi connectivity index (χ2n) is 2.85. The van der Waals surface area contributed by atoms with Crippen LogP contribution in [0.4, 0.5) is 5.95 Å². The molecule has 1 aromatic heterocycles. The molecule has 0 aromatic carbocycles. The van der Waals surface area contributed by atoms with Gasteiger partial charge in [-0.05, 0) is 13.8 Å². The molecule has 0 bridgehead atoms. The van der Waals surface area contributed by atoms with E-state index in [1.54, 1.807) is 17.7 Å². The third-order valence-corrected chi connectivity index (χ3v) is 2.09. The Morgan fingerprint density at radius 3 is 3.00 bits per heavy atom. The van der Waals surface area contributed by atoms with E-state index in [9.17, 15) is 4.79 Å². The van der Waals surface area contributed by atoms with Gasteiger partial charge in [0.15, 0.2) is 0 Å². The number of hydrogen-bond acceptors (Lipinski definition) is 3. The smallest absolute Gasteiger partial charge is 0.258 e. The average Bonchev–Trinajstić information content (AvgIpc) is 2.48. The summed E-state index contributed by atoms with van der Waals surface area (Å²) in [5.41, 5.74) is 1.50. The third-order valence-electron chi connectivity index (χ3n) is 2.09. The molecule has 0 aliphatic carbocycles. The first-order valence-corrected chi connectivity index (χ1v) is 3.80. The molecule has 0 N–H and O–H groups in total. The number of rotatable bonds is 0. The average molecular weight is 163 g/mol. The Kier molecular flexibility index (Phi) is 1.36. The van der Waals surface area contributed by atoms with Crippen LogP contribution in [0.1, 0.15) is 11.3 Å². The fourth-order valence-corrected chi connectivity index (χ4v) is 1.21. The lowest BCUT2D eigenvalue weighted by Gasteiger charge is -2.03. The van der Waals surface area contributed by atoms with Gasteiger partial charge in [-0.1, -0.05) is 0 Å². The molecule has 0 saturated carbocycles. The van der Waals surface area contributed by atoms with E-state index in [0.717, 1.165) is 5.69 Å². The molecule has 62 valence electrons. The molecule has 2 heterocycles. The third kappa shape index (κ3) is 0.809. The number of aromatic nitrogens is 2.